The average molecular weight is 405 g/mol. The second-order valence-corrected chi connectivity index (χ2v) is 8.09. The maximum Gasteiger partial charge on any atom is 0.335 e. The first-order valence-electron chi connectivity index (χ1n) is 7.63. The van der Waals surface area contributed by atoms with Gasteiger partial charge in [0, 0.05) is 27.1 Å². The van der Waals surface area contributed by atoms with Gasteiger partial charge >= 0.3 is 12.0 Å². The lowest BCUT2D eigenvalue weighted by Gasteiger charge is -2.11. The lowest BCUT2D eigenvalue weighted by molar-refractivity contribution is 0.0697. The fraction of sp³-hybridized carbons (Fsp3) is 0. The quantitative estimate of drug-likeness (QED) is 0.566. The molecule has 0 saturated heterocycles. The molecule has 0 aliphatic rings. The molecule has 138 valence electrons. The number of aromatic carboxylic acids is 1. The Morgan fingerprint density at radius 1 is 0.852 bits per heavy atom. The molecule has 0 saturated carbocycles. The van der Waals surface area contributed by atoms with Gasteiger partial charge in [0.2, 0.25) is 0 Å². The number of benzene rings is 3. The number of urea groups is 1. The summed E-state index contributed by atoms with van der Waals surface area (Å²) in [5.41, 5.74) is 0.904. The number of carbonyl (C=O) groups is 2. The number of carbonyl (C=O) groups excluding carboxylic acids is 1. The number of halogens is 1. The second kappa shape index (κ2) is 7.26. The molecule has 7 nitrogen and oxygen atoms in total. The highest BCUT2D eigenvalue weighted by Crippen LogP contribution is 2.30. The van der Waals surface area contributed by atoms with E-state index in [1.54, 1.807) is 24.3 Å². The van der Waals surface area contributed by atoms with E-state index in [9.17, 15) is 18.0 Å². The third-order valence-corrected chi connectivity index (χ3v) is 5.16. The number of anilines is 2. The van der Waals surface area contributed by atoms with Crippen LogP contribution in [0.5, 0.6) is 0 Å². The van der Waals surface area contributed by atoms with Crippen LogP contribution in [0.1, 0.15) is 10.4 Å². The van der Waals surface area contributed by atoms with E-state index in [4.69, 9.17) is 15.8 Å². The van der Waals surface area contributed by atoms with Gasteiger partial charge in [0.1, 0.15) is 0 Å². The standard InChI is InChI=1S/C18H13ClN2O5S/c19-27(25,26)16-6-2-3-13-14(16)4-1-5-15(13)21-18(24)20-12-9-7-11(8-10-12)17(22)23/h1-10H,(H,22,23)(H2,20,21,24). The summed E-state index contributed by atoms with van der Waals surface area (Å²) >= 11 is 0. The molecule has 0 atom stereocenters. The smallest absolute Gasteiger partial charge is 0.335 e. The van der Waals surface area contributed by atoms with Crippen LogP contribution in [0, 0.1) is 0 Å². The van der Waals surface area contributed by atoms with Gasteiger partial charge in [0.05, 0.1) is 16.1 Å². The van der Waals surface area contributed by atoms with Crippen LogP contribution in [0.4, 0.5) is 16.2 Å². The van der Waals surface area contributed by atoms with Gasteiger partial charge in [-0.05, 0) is 36.4 Å². The molecule has 9 heteroatoms. The van der Waals surface area contributed by atoms with Crippen LogP contribution >= 0.6 is 10.7 Å². The Hall–Kier alpha value is -3.10. The summed E-state index contributed by atoms with van der Waals surface area (Å²) in [6.45, 7) is 0. The molecule has 0 bridgehead atoms. The fourth-order valence-electron chi connectivity index (χ4n) is 2.58. The SMILES string of the molecule is O=C(Nc1ccc(C(=O)O)cc1)Nc1cccc2c(S(=O)(=O)Cl)cccc12. The number of fused-ring (bicyclic) bond motifs is 1. The first kappa shape index (κ1) is 18.7. The van der Waals surface area contributed by atoms with Crippen LogP contribution in [0.15, 0.2) is 65.6 Å². The normalized spacial score (nSPS) is 11.1. The first-order chi connectivity index (χ1) is 12.8. The molecule has 0 fully saturated rings. The van der Waals surface area contributed by atoms with Crippen LogP contribution in [0.2, 0.25) is 0 Å². The molecule has 2 amide bonds. The van der Waals surface area contributed by atoms with E-state index in [0.717, 1.165) is 0 Å². The molecule has 0 aliphatic heterocycles. The maximum atomic E-state index is 12.2. The molecule has 0 aliphatic carbocycles. The molecule has 3 N–H and O–H groups in total. The third kappa shape index (κ3) is 4.18. The predicted octanol–water partition coefficient (Wildman–Crippen LogP) is 4.11. The van der Waals surface area contributed by atoms with Crippen molar-refractivity contribution in [1.82, 2.24) is 0 Å². The van der Waals surface area contributed by atoms with Crippen molar-refractivity contribution in [1.29, 1.82) is 0 Å². The molecule has 0 aromatic heterocycles. The molecule has 0 unspecified atom stereocenters. The van der Waals surface area contributed by atoms with Gasteiger partial charge in [0.15, 0.2) is 0 Å². The minimum atomic E-state index is -3.94. The Kier molecular flexibility index (Phi) is 5.02. The molecule has 3 aromatic carbocycles. The molecular formula is C18H13ClN2O5S. The Bertz CT molecular complexity index is 1140. The Balaban J connectivity index is 1.86. The van der Waals surface area contributed by atoms with E-state index < -0.39 is 21.1 Å². The van der Waals surface area contributed by atoms with Crippen molar-refractivity contribution in [2.45, 2.75) is 4.90 Å². The number of rotatable bonds is 4. The van der Waals surface area contributed by atoms with E-state index in [-0.39, 0.29) is 10.5 Å². The summed E-state index contributed by atoms with van der Waals surface area (Å²) in [5, 5.41) is 15.0. The van der Waals surface area contributed by atoms with Crippen LogP contribution in [-0.4, -0.2) is 25.5 Å². The van der Waals surface area contributed by atoms with E-state index in [1.165, 1.54) is 36.4 Å². The highest BCUT2D eigenvalue weighted by atomic mass is 35.7. The van der Waals surface area contributed by atoms with E-state index >= 15 is 0 Å². The molecule has 0 spiro atoms. The van der Waals surface area contributed by atoms with Gasteiger partial charge in [0.25, 0.3) is 9.05 Å². The number of hydrogen-bond donors (Lipinski definition) is 3. The summed E-state index contributed by atoms with van der Waals surface area (Å²) in [5.74, 6) is -1.06. The fourth-order valence-corrected chi connectivity index (χ4v) is 3.67. The summed E-state index contributed by atoms with van der Waals surface area (Å²) in [7, 11) is 1.53. The lowest BCUT2D eigenvalue weighted by atomic mass is 10.1. The summed E-state index contributed by atoms with van der Waals surface area (Å²) in [4.78, 5) is 23.0. The highest BCUT2D eigenvalue weighted by Gasteiger charge is 2.16. The molecular weight excluding hydrogens is 392 g/mol. The first-order valence-corrected chi connectivity index (χ1v) is 9.94. The van der Waals surface area contributed by atoms with E-state index in [1.807, 2.05) is 0 Å². The van der Waals surface area contributed by atoms with Crippen molar-refractivity contribution in [3.63, 3.8) is 0 Å². The average Bonchev–Trinajstić information content (AvgIpc) is 2.61. The predicted molar refractivity (Wildman–Crippen MR) is 103 cm³/mol. The highest BCUT2D eigenvalue weighted by molar-refractivity contribution is 8.14. The van der Waals surface area contributed by atoms with Gasteiger partial charge in [-0.1, -0.05) is 24.3 Å². The van der Waals surface area contributed by atoms with Crippen molar-refractivity contribution in [2.24, 2.45) is 0 Å². The Labute approximate surface area is 159 Å². The van der Waals surface area contributed by atoms with Crippen molar-refractivity contribution in [3.8, 4) is 0 Å². The zero-order valence-corrected chi connectivity index (χ0v) is 15.2. The van der Waals surface area contributed by atoms with Crippen molar-refractivity contribution >= 4 is 53.9 Å². The van der Waals surface area contributed by atoms with Crippen LogP contribution < -0.4 is 10.6 Å². The van der Waals surface area contributed by atoms with E-state index in [0.29, 0.717) is 22.1 Å². The van der Waals surface area contributed by atoms with Crippen molar-refractivity contribution in [2.75, 3.05) is 10.6 Å². The number of amides is 2. The lowest BCUT2D eigenvalue weighted by Crippen LogP contribution is -2.19. The topological polar surface area (TPSA) is 113 Å². The molecule has 27 heavy (non-hydrogen) atoms. The van der Waals surface area contributed by atoms with Gasteiger partial charge in [-0.15, -0.1) is 0 Å². The second-order valence-electron chi connectivity index (χ2n) is 5.56. The monoisotopic (exact) mass is 404 g/mol. The number of hydrogen-bond acceptors (Lipinski definition) is 4. The number of carboxylic acid groups (broad SMARTS) is 1. The minimum Gasteiger partial charge on any atom is -0.478 e. The summed E-state index contributed by atoms with van der Waals surface area (Å²) in [6, 6.07) is 14.5. The third-order valence-electron chi connectivity index (χ3n) is 3.78. The van der Waals surface area contributed by atoms with Crippen molar-refractivity contribution < 1.29 is 23.1 Å². The van der Waals surface area contributed by atoms with Crippen LogP contribution in [0.25, 0.3) is 10.8 Å². The maximum absolute atomic E-state index is 12.2. The molecule has 3 aromatic rings. The van der Waals surface area contributed by atoms with Gasteiger partial charge in [-0.2, -0.15) is 0 Å². The minimum absolute atomic E-state index is 0.0463. The Morgan fingerprint density at radius 3 is 2.11 bits per heavy atom. The van der Waals surface area contributed by atoms with Gasteiger partial charge in [-0.3, -0.25) is 0 Å². The van der Waals surface area contributed by atoms with Gasteiger partial charge in [-0.25, -0.2) is 18.0 Å². The largest absolute Gasteiger partial charge is 0.478 e. The summed E-state index contributed by atoms with van der Waals surface area (Å²) < 4.78 is 23.4. The summed E-state index contributed by atoms with van der Waals surface area (Å²) in [6.07, 6.45) is 0. The molecule has 0 radical (unpaired) electrons. The van der Waals surface area contributed by atoms with Crippen LogP contribution in [-0.2, 0) is 9.05 Å². The number of carboxylic acids is 1. The van der Waals surface area contributed by atoms with E-state index in [2.05, 4.69) is 10.6 Å². The number of nitrogens with one attached hydrogen (secondary N) is 2. The van der Waals surface area contributed by atoms with Crippen LogP contribution in [0.3, 0.4) is 0 Å². The van der Waals surface area contributed by atoms with Crippen molar-refractivity contribution in [3.05, 3.63) is 66.2 Å². The molecule has 3 rings (SSSR count). The zero-order valence-electron chi connectivity index (χ0n) is 13.6. The Morgan fingerprint density at radius 2 is 1.48 bits per heavy atom. The van der Waals surface area contributed by atoms with Gasteiger partial charge < -0.3 is 15.7 Å². The molecule has 0 heterocycles. The zero-order chi connectivity index (χ0) is 19.6.